The summed E-state index contributed by atoms with van der Waals surface area (Å²) in [5.41, 5.74) is 1.26. The van der Waals surface area contributed by atoms with Crippen molar-refractivity contribution in [1.29, 1.82) is 0 Å². The molecule has 3 heteroatoms. The normalized spacial score (nSPS) is 15.8. The van der Waals surface area contributed by atoms with Crippen molar-refractivity contribution >= 4 is 0 Å². The molecule has 0 unspecified atom stereocenters. The number of rotatable bonds is 5. The molecule has 0 atom stereocenters. The zero-order valence-corrected chi connectivity index (χ0v) is 8.66. The molecule has 0 aromatic carbocycles. The highest BCUT2D eigenvalue weighted by Crippen LogP contribution is 2.19. The van der Waals surface area contributed by atoms with Gasteiger partial charge < -0.3 is 9.88 Å². The lowest BCUT2D eigenvalue weighted by Gasteiger charge is -2.07. The van der Waals surface area contributed by atoms with Crippen molar-refractivity contribution in [3.63, 3.8) is 0 Å². The molecule has 1 N–H and O–H groups in total. The number of allylic oxidation sites excluding steroid dienone is 1. The van der Waals surface area contributed by atoms with Gasteiger partial charge in [0.2, 0.25) is 0 Å². The Bertz CT molecular complexity index is 323. The number of nitrogens with zero attached hydrogens (tertiary/aromatic N) is 2. The fraction of sp³-hybridized carbons (Fsp3) is 0.545. The number of hydrogen-bond donors (Lipinski definition) is 1. The van der Waals surface area contributed by atoms with Crippen LogP contribution in [0.5, 0.6) is 0 Å². The van der Waals surface area contributed by atoms with Crippen molar-refractivity contribution < 1.29 is 0 Å². The van der Waals surface area contributed by atoms with Crippen LogP contribution in [0.2, 0.25) is 0 Å². The molecular weight excluding hydrogens is 174 g/mol. The van der Waals surface area contributed by atoms with Crippen molar-refractivity contribution in [1.82, 2.24) is 14.9 Å². The van der Waals surface area contributed by atoms with Gasteiger partial charge in [0.15, 0.2) is 0 Å². The summed E-state index contributed by atoms with van der Waals surface area (Å²) in [6.45, 7) is 7.57. The van der Waals surface area contributed by atoms with Crippen molar-refractivity contribution in [2.24, 2.45) is 0 Å². The first-order valence-electron chi connectivity index (χ1n) is 5.16. The van der Waals surface area contributed by atoms with Crippen molar-refractivity contribution in [2.45, 2.75) is 38.9 Å². The maximum Gasteiger partial charge on any atom is 0.106 e. The monoisotopic (exact) mass is 191 g/mol. The molecule has 0 amide bonds. The number of aryl methyl sites for hydroxylation is 1. The van der Waals surface area contributed by atoms with Crippen LogP contribution in [-0.2, 0) is 13.1 Å². The first kappa shape index (κ1) is 9.46. The van der Waals surface area contributed by atoms with E-state index in [0.29, 0.717) is 0 Å². The average Bonchev–Trinajstić information content (AvgIpc) is 2.94. The molecule has 0 radical (unpaired) electrons. The summed E-state index contributed by atoms with van der Waals surface area (Å²) >= 11 is 0. The molecular formula is C11H17N3. The SMILES string of the molecule is C=CCn1c(CNC2CC2)cnc1C. The fourth-order valence-electron chi connectivity index (χ4n) is 1.57. The van der Waals surface area contributed by atoms with E-state index >= 15 is 0 Å². The van der Waals surface area contributed by atoms with Crippen LogP contribution in [0.4, 0.5) is 0 Å². The molecule has 1 fully saturated rings. The van der Waals surface area contributed by atoms with Gasteiger partial charge in [-0.3, -0.25) is 0 Å². The second-order valence-corrected chi connectivity index (χ2v) is 3.85. The molecule has 76 valence electrons. The molecule has 1 aliphatic rings. The lowest BCUT2D eigenvalue weighted by molar-refractivity contribution is 0.631. The molecule has 3 nitrogen and oxygen atoms in total. The zero-order valence-electron chi connectivity index (χ0n) is 8.66. The number of aromatic nitrogens is 2. The molecule has 0 aliphatic heterocycles. The van der Waals surface area contributed by atoms with Gasteiger partial charge in [0.1, 0.15) is 5.82 Å². The second-order valence-electron chi connectivity index (χ2n) is 3.85. The lowest BCUT2D eigenvalue weighted by atomic mass is 10.4. The van der Waals surface area contributed by atoms with Crippen molar-refractivity contribution in [3.05, 3.63) is 30.4 Å². The predicted octanol–water partition coefficient (Wildman–Crippen LogP) is 1.63. The Labute approximate surface area is 84.8 Å². The highest BCUT2D eigenvalue weighted by atomic mass is 15.1. The van der Waals surface area contributed by atoms with Crippen LogP contribution in [0.3, 0.4) is 0 Å². The first-order valence-corrected chi connectivity index (χ1v) is 5.16. The Morgan fingerprint density at radius 2 is 2.50 bits per heavy atom. The molecule has 1 aromatic heterocycles. The number of imidazole rings is 1. The maximum atomic E-state index is 4.31. The van der Waals surface area contributed by atoms with Crippen LogP contribution in [0, 0.1) is 6.92 Å². The Morgan fingerprint density at radius 1 is 1.71 bits per heavy atom. The van der Waals surface area contributed by atoms with Gasteiger partial charge in [0.25, 0.3) is 0 Å². The number of nitrogens with one attached hydrogen (secondary N) is 1. The highest BCUT2D eigenvalue weighted by molar-refractivity contribution is 5.06. The molecule has 14 heavy (non-hydrogen) atoms. The zero-order chi connectivity index (χ0) is 9.97. The Hall–Kier alpha value is -1.09. The van der Waals surface area contributed by atoms with Gasteiger partial charge in [-0.15, -0.1) is 6.58 Å². The van der Waals surface area contributed by atoms with E-state index in [0.717, 1.165) is 25.0 Å². The molecule has 2 rings (SSSR count). The Balaban J connectivity index is 2.02. The van der Waals surface area contributed by atoms with Crippen LogP contribution in [0.1, 0.15) is 24.4 Å². The molecule has 1 aliphatic carbocycles. The summed E-state index contributed by atoms with van der Waals surface area (Å²) in [7, 11) is 0. The molecule has 0 saturated heterocycles. The van der Waals surface area contributed by atoms with E-state index < -0.39 is 0 Å². The first-order chi connectivity index (χ1) is 6.81. The van der Waals surface area contributed by atoms with E-state index in [4.69, 9.17) is 0 Å². The van der Waals surface area contributed by atoms with Gasteiger partial charge >= 0.3 is 0 Å². The summed E-state index contributed by atoms with van der Waals surface area (Å²) in [6, 6.07) is 0.752. The quantitative estimate of drug-likeness (QED) is 0.717. The smallest absolute Gasteiger partial charge is 0.106 e. The molecule has 1 saturated carbocycles. The van der Waals surface area contributed by atoms with Gasteiger partial charge in [0.05, 0.1) is 5.69 Å². The minimum absolute atomic E-state index is 0.752. The summed E-state index contributed by atoms with van der Waals surface area (Å²) in [5.74, 6) is 1.07. The standard InChI is InChI=1S/C11H17N3/c1-3-6-14-9(2)12-7-11(14)8-13-10-4-5-10/h3,7,10,13H,1,4-6,8H2,2H3. The van der Waals surface area contributed by atoms with E-state index in [-0.39, 0.29) is 0 Å². The highest BCUT2D eigenvalue weighted by Gasteiger charge is 2.20. The van der Waals surface area contributed by atoms with Gasteiger partial charge in [-0.25, -0.2) is 4.98 Å². The average molecular weight is 191 g/mol. The van der Waals surface area contributed by atoms with E-state index in [9.17, 15) is 0 Å². The minimum Gasteiger partial charge on any atom is -0.327 e. The molecule has 0 spiro atoms. The van der Waals surface area contributed by atoms with Crippen LogP contribution in [0.15, 0.2) is 18.9 Å². The molecule has 1 heterocycles. The van der Waals surface area contributed by atoms with E-state index in [1.165, 1.54) is 18.5 Å². The van der Waals surface area contributed by atoms with Crippen molar-refractivity contribution in [2.75, 3.05) is 0 Å². The van der Waals surface area contributed by atoms with Crippen LogP contribution < -0.4 is 5.32 Å². The van der Waals surface area contributed by atoms with Crippen LogP contribution >= 0.6 is 0 Å². The third kappa shape index (κ3) is 2.04. The fourth-order valence-corrected chi connectivity index (χ4v) is 1.57. The molecule has 0 bridgehead atoms. The van der Waals surface area contributed by atoms with Gasteiger partial charge in [-0.05, 0) is 19.8 Å². The largest absolute Gasteiger partial charge is 0.327 e. The summed E-state index contributed by atoms with van der Waals surface area (Å²) < 4.78 is 2.20. The van der Waals surface area contributed by atoms with E-state index in [1.54, 1.807) is 0 Å². The van der Waals surface area contributed by atoms with Gasteiger partial charge in [0, 0.05) is 25.3 Å². The summed E-state index contributed by atoms with van der Waals surface area (Å²) in [6.07, 6.45) is 6.52. The van der Waals surface area contributed by atoms with Gasteiger partial charge in [-0.1, -0.05) is 6.08 Å². The minimum atomic E-state index is 0.752. The van der Waals surface area contributed by atoms with E-state index in [1.807, 2.05) is 19.2 Å². The molecule has 1 aromatic rings. The topological polar surface area (TPSA) is 29.9 Å². The van der Waals surface area contributed by atoms with Gasteiger partial charge in [-0.2, -0.15) is 0 Å². The number of hydrogen-bond acceptors (Lipinski definition) is 2. The van der Waals surface area contributed by atoms with Crippen LogP contribution in [-0.4, -0.2) is 15.6 Å². The van der Waals surface area contributed by atoms with E-state index in [2.05, 4.69) is 21.4 Å². The second kappa shape index (κ2) is 3.96. The summed E-state index contributed by atoms with van der Waals surface area (Å²) in [5, 5.41) is 3.49. The maximum absolute atomic E-state index is 4.31. The Kier molecular flexibility index (Phi) is 2.68. The third-order valence-electron chi connectivity index (χ3n) is 2.60. The third-order valence-corrected chi connectivity index (χ3v) is 2.60. The Morgan fingerprint density at radius 3 is 3.14 bits per heavy atom. The van der Waals surface area contributed by atoms with Crippen LogP contribution in [0.25, 0.3) is 0 Å². The van der Waals surface area contributed by atoms with Crippen molar-refractivity contribution in [3.8, 4) is 0 Å². The lowest BCUT2D eigenvalue weighted by Crippen LogP contribution is -2.18. The predicted molar refractivity (Wildman–Crippen MR) is 57.0 cm³/mol. The summed E-state index contributed by atoms with van der Waals surface area (Å²) in [4.78, 5) is 4.31.